The maximum absolute atomic E-state index is 5.23. The zero-order valence-corrected chi connectivity index (χ0v) is 9.45. The third kappa shape index (κ3) is 2.26. The second kappa shape index (κ2) is 4.14. The third-order valence-electron chi connectivity index (χ3n) is 2.84. The van der Waals surface area contributed by atoms with Crippen LogP contribution in [0.15, 0.2) is 6.20 Å². The molecule has 0 aromatic carbocycles. The van der Waals surface area contributed by atoms with Gasteiger partial charge in [0, 0.05) is 19.3 Å². The quantitative estimate of drug-likeness (QED) is 0.819. The lowest BCUT2D eigenvalue weighted by atomic mass is 9.89. The van der Waals surface area contributed by atoms with Crippen molar-refractivity contribution in [3.63, 3.8) is 0 Å². The van der Waals surface area contributed by atoms with Crippen molar-refractivity contribution in [3.05, 3.63) is 17.6 Å². The molecule has 1 aliphatic carbocycles. The van der Waals surface area contributed by atoms with Gasteiger partial charge in [0.2, 0.25) is 0 Å². The molecule has 0 amide bonds. The van der Waals surface area contributed by atoms with Crippen molar-refractivity contribution in [1.82, 2.24) is 9.97 Å². The molecule has 1 heterocycles. The Hall–Kier alpha value is -1.16. The lowest BCUT2D eigenvalue weighted by Gasteiger charge is -2.35. The van der Waals surface area contributed by atoms with Crippen LogP contribution in [0.25, 0.3) is 0 Å². The topological polar surface area (TPSA) is 47.0 Å². The minimum atomic E-state index is 0.417. The molecule has 2 rings (SSSR count). The summed E-state index contributed by atoms with van der Waals surface area (Å²) in [7, 11) is 1.76. The second-order valence-electron chi connectivity index (χ2n) is 4.12. The van der Waals surface area contributed by atoms with E-state index in [0.29, 0.717) is 12.1 Å². The molecule has 0 radical (unpaired) electrons. The summed E-state index contributed by atoms with van der Waals surface area (Å²) in [5.74, 6) is 0.912. The number of aromatic nitrogens is 2. The number of hydrogen-bond acceptors (Lipinski definition) is 4. The summed E-state index contributed by atoms with van der Waals surface area (Å²) in [6.45, 7) is 3.93. The van der Waals surface area contributed by atoms with Gasteiger partial charge in [0.05, 0.1) is 17.5 Å². The summed E-state index contributed by atoms with van der Waals surface area (Å²) in [6, 6.07) is 0.491. The maximum atomic E-state index is 5.23. The van der Waals surface area contributed by atoms with E-state index >= 15 is 0 Å². The van der Waals surface area contributed by atoms with Crippen LogP contribution < -0.4 is 5.32 Å². The van der Waals surface area contributed by atoms with Gasteiger partial charge in [-0.1, -0.05) is 0 Å². The second-order valence-corrected chi connectivity index (χ2v) is 4.12. The van der Waals surface area contributed by atoms with Crippen LogP contribution in [0.5, 0.6) is 0 Å². The van der Waals surface area contributed by atoms with E-state index in [9.17, 15) is 0 Å². The van der Waals surface area contributed by atoms with E-state index in [4.69, 9.17) is 4.74 Å². The van der Waals surface area contributed by atoms with Crippen molar-refractivity contribution < 1.29 is 4.74 Å². The van der Waals surface area contributed by atoms with E-state index in [-0.39, 0.29) is 0 Å². The number of aryl methyl sites for hydroxylation is 2. The summed E-state index contributed by atoms with van der Waals surface area (Å²) in [4.78, 5) is 8.70. The molecule has 0 bridgehead atoms. The first-order valence-corrected chi connectivity index (χ1v) is 5.28. The smallest absolute Gasteiger partial charge is 0.147 e. The van der Waals surface area contributed by atoms with Crippen molar-refractivity contribution in [2.45, 2.75) is 38.8 Å². The first kappa shape index (κ1) is 10.4. The Morgan fingerprint density at radius 1 is 1.40 bits per heavy atom. The summed E-state index contributed by atoms with van der Waals surface area (Å²) in [6.07, 6.45) is 4.33. The van der Waals surface area contributed by atoms with Crippen LogP contribution in [0.3, 0.4) is 0 Å². The third-order valence-corrected chi connectivity index (χ3v) is 2.84. The molecule has 0 spiro atoms. The zero-order chi connectivity index (χ0) is 10.8. The van der Waals surface area contributed by atoms with Crippen molar-refractivity contribution in [3.8, 4) is 0 Å². The Balaban J connectivity index is 1.97. The summed E-state index contributed by atoms with van der Waals surface area (Å²) in [5.41, 5.74) is 1.91. The largest absolute Gasteiger partial charge is 0.381 e. The fraction of sp³-hybridized carbons (Fsp3) is 0.636. The summed E-state index contributed by atoms with van der Waals surface area (Å²) >= 11 is 0. The predicted octanol–water partition coefficient (Wildman–Crippen LogP) is 1.68. The van der Waals surface area contributed by atoms with Crippen LogP contribution in [0.2, 0.25) is 0 Å². The minimum absolute atomic E-state index is 0.417. The molecule has 1 fully saturated rings. The molecule has 4 nitrogen and oxygen atoms in total. The molecule has 1 saturated carbocycles. The summed E-state index contributed by atoms with van der Waals surface area (Å²) < 4.78 is 5.23. The fourth-order valence-electron chi connectivity index (χ4n) is 1.74. The molecule has 82 valence electrons. The average Bonchev–Trinajstić information content (AvgIpc) is 2.16. The van der Waals surface area contributed by atoms with Gasteiger partial charge in [0.15, 0.2) is 0 Å². The first-order chi connectivity index (χ1) is 7.19. The van der Waals surface area contributed by atoms with Gasteiger partial charge in [-0.05, 0) is 26.7 Å². The van der Waals surface area contributed by atoms with E-state index in [1.165, 1.54) is 0 Å². The number of ether oxygens (including phenoxy) is 1. The lowest BCUT2D eigenvalue weighted by Crippen LogP contribution is -2.40. The molecule has 15 heavy (non-hydrogen) atoms. The molecule has 1 aliphatic rings. The number of nitrogens with zero attached hydrogens (tertiary/aromatic N) is 2. The van der Waals surface area contributed by atoms with Crippen LogP contribution in [0, 0.1) is 13.8 Å². The Morgan fingerprint density at radius 2 is 2.13 bits per heavy atom. The summed E-state index contributed by atoms with van der Waals surface area (Å²) in [5, 5.41) is 3.40. The monoisotopic (exact) mass is 207 g/mol. The van der Waals surface area contributed by atoms with Crippen molar-refractivity contribution in [1.29, 1.82) is 0 Å². The SMILES string of the molecule is COC1CC(Nc2nc(C)cnc2C)C1. The number of nitrogens with one attached hydrogen (secondary N) is 1. The molecule has 0 unspecified atom stereocenters. The van der Waals surface area contributed by atoms with Crippen LogP contribution in [0.4, 0.5) is 5.82 Å². The zero-order valence-electron chi connectivity index (χ0n) is 9.45. The van der Waals surface area contributed by atoms with E-state index in [1.807, 2.05) is 13.8 Å². The van der Waals surface area contributed by atoms with Gasteiger partial charge in [0.1, 0.15) is 5.82 Å². The number of rotatable bonds is 3. The van der Waals surface area contributed by atoms with Gasteiger partial charge in [-0.3, -0.25) is 4.98 Å². The van der Waals surface area contributed by atoms with Crippen LogP contribution in [-0.2, 0) is 4.74 Å². The van der Waals surface area contributed by atoms with Crippen molar-refractivity contribution in [2.24, 2.45) is 0 Å². The highest BCUT2D eigenvalue weighted by atomic mass is 16.5. The van der Waals surface area contributed by atoms with E-state index in [2.05, 4.69) is 15.3 Å². The molecule has 0 atom stereocenters. The highest BCUT2D eigenvalue weighted by Crippen LogP contribution is 2.26. The molecule has 4 heteroatoms. The number of methoxy groups -OCH3 is 1. The maximum Gasteiger partial charge on any atom is 0.147 e. The molecular weight excluding hydrogens is 190 g/mol. The Labute approximate surface area is 90.1 Å². The van der Waals surface area contributed by atoms with E-state index < -0.39 is 0 Å². The molecule has 0 saturated heterocycles. The fourth-order valence-corrected chi connectivity index (χ4v) is 1.74. The van der Waals surface area contributed by atoms with Gasteiger partial charge in [-0.2, -0.15) is 0 Å². The van der Waals surface area contributed by atoms with Gasteiger partial charge in [-0.15, -0.1) is 0 Å². The lowest BCUT2D eigenvalue weighted by molar-refractivity contribution is 0.0327. The van der Waals surface area contributed by atoms with Crippen LogP contribution in [-0.4, -0.2) is 29.2 Å². The Bertz CT molecular complexity index is 348. The molecule has 1 aromatic heterocycles. The highest BCUT2D eigenvalue weighted by Gasteiger charge is 2.29. The van der Waals surface area contributed by atoms with E-state index in [1.54, 1.807) is 13.3 Å². The number of anilines is 1. The Morgan fingerprint density at radius 3 is 2.80 bits per heavy atom. The normalized spacial score (nSPS) is 24.7. The highest BCUT2D eigenvalue weighted by molar-refractivity contribution is 5.41. The first-order valence-electron chi connectivity index (χ1n) is 5.28. The van der Waals surface area contributed by atoms with Crippen molar-refractivity contribution >= 4 is 5.82 Å². The van der Waals surface area contributed by atoms with Gasteiger partial charge < -0.3 is 10.1 Å². The average molecular weight is 207 g/mol. The van der Waals surface area contributed by atoms with Crippen LogP contribution in [0.1, 0.15) is 24.2 Å². The van der Waals surface area contributed by atoms with Gasteiger partial charge in [-0.25, -0.2) is 4.98 Å². The Kier molecular flexibility index (Phi) is 2.86. The molecule has 1 aromatic rings. The van der Waals surface area contributed by atoms with Gasteiger partial charge in [0.25, 0.3) is 0 Å². The minimum Gasteiger partial charge on any atom is -0.381 e. The van der Waals surface area contributed by atoms with Gasteiger partial charge >= 0.3 is 0 Å². The molecule has 0 aliphatic heterocycles. The van der Waals surface area contributed by atoms with E-state index in [0.717, 1.165) is 30.0 Å². The molecule has 1 N–H and O–H groups in total. The number of hydrogen-bond donors (Lipinski definition) is 1. The molecular formula is C11H17N3O. The van der Waals surface area contributed by atoms with Crippen LogP contribution >= 0.6 is 0 Å². The standard InChI is InChI=1S/C11H17N3O/c1-7-6-12-8(2)11(13-7)14-9-4-10(5-9)15-3/h6,9-10H,4-5H2,1-3H3,(H,13,14). The predicted molar refractivity (Wildman–Crippen MR) is 58.9 cm³/mol. The van der Waals surface area contributed by atoms with Crippen molar-refractivity contribution in [2.75, 3.05) is 12.4 Å².